The summed E-state index contributed by atoms with van der Waals surface area (Å²) in [7, 11) is 0. The summed E-state index contributed by atoms with van der Waals surface area (Å²) in [6.45, 7) is 2.88. The molecule has 162 valence electrons. The summed E-state index contributed by atoms with van der Waals surface area (Å²) in [4.78, 5) is 16.5. The highest BCUT2D eigenvalue weighted by Crippen LogP contribution is 2.16. The van der Waals surface area contributed by atoms with Gasteiger partial charge in [-0.2, -0.15) is 0 Å². The van der Waals surface area contributed by atoms with Gasteiger partial charge < -0.3 is 15.3 Å². The first-order valence-corrected chi connectivity index (χ1v) is 10.4. The second kappa shape index (κ2) is 11.0. The summed E-state index contributed by atoms with van der Waals surface area (Å²) in [6.07, 6.45) is 2.32. The maximum Gasteiger partial charge on any atom is 0.317 e. The highest BCUT2D eigenvalue weighted by Gasteiger charge is 2.23. The zero-order chi connectivity index (χ0) is 21.3. The van der Waals surface area contributed by atoms with E-state index in [1.54, 1.807) is 11.0 Å². The van der Waals surface area contributed by atoms with Gasteiger partial charge in [-0.25, -0.2) is 13.6 Å². The molecule has 2 aromatic carbocycles. The standard InChI is InChI=1S/C23H29F2N3O2/c24-21-7-6-19(16-22(21)25)17-27-11-9-20(10-12-27)26-23(30)28(14-15-29)13-8-18-4-2-1-3-5-18/h1-7,16,20,29H,8-15,17H2,(H,26,30). The highest BCUT2D eigenvalue weighted by molar-refractivity contribution is 5.74. The summed E-state index contributed by atoms with van der Waals surface area (Å²) >= 11 is 0. The number of hydrogen-bond donors (Lipinski definition) is 2. The number of aliphatic hydroxyl groups is 1. The van der Waals surface area contributed by atoms with Crippen LogP contribution in [0.15, 0.2) is 48.5 Å². The first kappa shape index (κ1) is 22.2. The predicted octanol–water partition coefficient (Wildman–Crippen LogP) is 3.18. The number of piperidine rings is 1. The molecule has 0 unspecified atom stereocenters. The van der Waals surface area contributed by atoms with Crippen LogP contribution in [0.25, 0.3) is 0 Å². The Morgan fingerprint density at radius 3 is 2.43 bits per heavy atom. The maximum absolute atomic E-state index is 13.4. The molecule has 3 rings (SSSR count). The third kappa shape index (κ3) is 6.50. The molecule has 0 aliphatic carbocycles. The number of rotatable bonds is 8. The molecule has 1 aliphatic rings. The number of carbonyl (C=O) groups is 1. The molecule has 2 N–H and O–H groups in total. The van der Waals surface area contributed by atoms with Gasteiger partial charge in [0.2, 0.25) is 0 Å². The molecule has 0 bridgehead atoms. The van der Waals surface area contributed by atoms with Gasteiger partial charge in [0.05, 0.1) is 6.61 Å². The van der Waals surface area contributed by atoms with Crippen LogP contribution >= 0.6 is 0 Å². The van der Waals surface area contributed by atoms with Gasteiger partial charge in [-0.1, -0.05) is 36.4 Å². The molecule has 0 radical (unpaired) electrons. The zero-order valence-corrected chi connectivity index (χ0v) is 17.1. The Morgan fingerprint density at radius 2 is 1.77 bits per heavy atom. The fraction of sp³-hybridized carbons (Fsp3) is 0.435. The van der Waals surface area contributed by atoms with Crippen molar-refractivity contribution >= 4 is 6.03 Å². The molecule has 0 saturated carbocycles. The summed E-state index contributed by atoms with van der Waals surface area (Å²) in [5.41, 5.74) is 1.89. The first-order valence-electron chi connectivity index (χ1n) is 10.4. The van der Waals surface area contributed by atoms with Gasteiger partial charge >= 0.3 is 6.03 Å². The average Bonchev–Trinajstić information content (AvgIpc) is 2.76. The molecule has 30 heavy (non-hydrogen) atoms. The van der Waals surface area contributed by atoms with E-state index in [4.69, 9.17) is 0 Å². The van der Waals surface area contributed by atoms with Crippen LogP contribution in [0.3, 0.4) is 0 Å². The third-order valence-corrected chi connectivity index (χ3v) is 5.48. The van der Waals surface area contributed by atoms with Gasteiger partial charge in [0.15, 0.2) is 11.6 Å². The van der Waals surface area contributed by atoms with E-state index in [1.807, 2.05) is 30.3 Å². The van der Waals surface area contributed by atoms with Crippen molar-refractivity contribution in [2.24, 2.45) is 0 Å². The lowest BCUT2D eigenvalue weighted by molar-refractivity contribution is 0.159. The summed E-state index contributed by atoms with van der Waals surface area (Å²) < 4.78 is 26.5. The molecule has 1 saturated heterocycles. The third-order valence-electron chi connectivity index (χ3n) is 5.48. The largest absolute Gasteiger partial charge is 0.395 e. The fourth-order valence-corrected chi connectivity index (χ4v) is 3.74. The number of carbonyl (C=O) groups excluding carboxylic acids is 1. The minimum Gasteiger partial charge on any atom is -0.395 e. The summed E-state index contributed by atoms with van der Waals surface area (Å²) in [5.74, 6) is -1.66. The van der Waals surface area contributed by atoms with Crippen molar-refractivity contribution in [2.75, 3.05) is 32.8 Å². The van der Waals surface area contributed by atoms with E-state index in [0.29, 0.717) is 19.6 Å². The first-order chi connectivity index (χ1) is 14.5. The minimum atomic E-state index is -0.833. The Morgan fingerprint density at radius 1 is 1.03 bits per heavy atom. The number of nitrogens with one attached hydrogen (secondary N) is 1. The van der Waals surface area contributed by atoms with Crippen molar-refractivity contribution in [3.8, 4) is 0 Å². The number of likely N-dealkylation sites (tertiary alicyclic amines) is 1. The van der Waals surface area contributed by atoms with Crippen LogP contribution in [0.4, 0.5) is 13.6 Å². The summed E-state index contributed by atoms with van der Waals surface area (Å²) in [5, 5.41) is 12.4. The van der Waals surface area contributed by atoms with Crippen molar-refractivity contribution in [2.45, 2.75) is 31.8 Å². The van der Waals surface area contributed by atoms with Crippen LogP contribution in [0.5, 0.6) is 0 Å². The van der Waals surface area contributed by atoms with Crippen molar-refractivity contribution in [1.82, 2.24) is 15.1 Å². The van der Waals surface area contributed by atoms with E-state index < -0.39 is 11.6 Å². The smallest absolute Gasteiger partial charge is 0.317 e. The molecule has 0 spiro atoms. The Labute approximate surface area is 176 Å². The van der Waals surface area contributed by atoms with E-state index in [9.17, 15) is 18.7 Å². The number of nitrogens with zero attached hydrogens (tertiary/aromatic N) is 2. The van der Waals surface area contributed by atoms with Crippen LogP contribution < -0.4 is 5.32 Å². The lowest BCUT2D eigenvalue weighted by Gasteiger charge is -2.33. The molecule has 2 amide bonds. The van der Waals surface area contributed by atoms with Crippen molar-refractivity contribution in [1.29, 1.82) is 0 Å². The normalized spacial score (nSPS) is 15.2. The van der Waals surface area contributed by atoms with E-state index >= 15 is 0 Å². The van der Waals surface area contributed by atoms with E-state index in [0.717, 1.165) is 49.5 Å². The summed E-state index contributed by atoms with van der Waals surface area (Å²) in [6, 6.07) is 13.9. The maximum atomic E-state index is 13.4. The molecule has 7 heteroatoms. The van der Waals surface area contributed by atoms with Crippen LogP contribution in [0, 0.1) is 11.6 Å². The molecule has 5 nitrogen and oxygen atoms in total. The number of aliphatic hydroxyl groups excluding tert-OH is 1. The second-order valence-corrected chi connectivity index (χ2v) is 7.69. The molecule has 0 aromatic heterocycles. The monoisotopic (exact) mass is 417 g/mol. The molecular weight excluding hydrogens is 388 g/mol. The molecule has 0 atom stereocenters. The number of amides is 2. The van der Waals surface area contributed by atoms with Crippen molar-refractivity contribution in [3.05, 3.63) is 71.3 Å². The van der Waals surface area contributed by atoms with Crippen LogP contribution in [0.2, 0.25) is 0 Å². The Bertz CT molecular complexity index is 811. The lowest BCUT2D eigenvalue weighted by Crippen LogP contribution is -2.50. The number of hydrogen-bond acceptors (Lipinski definition) is 3. The molecule has 1 fully saturated rings. The molecular formula is C23H29F2N3O2. The Hall–Kier alpha value is -2.51. The van der Waals surface area contributed by atoms with Crippen LogP contribution in [-0.4, -0.2) is 59.8 Å². The lowest BCUT2D eigenvalue weighted by atomic mass is 10.0. The highest BCUT2D eigenvalue weighted by atomic mass is 19.2. The van der Waals surface area contributed by atoms with Gasteiger partial charge in [-0.05, 0) is 42.5 Å². The molecule has 2 aromatic rings. The van der Waals surface area contributed by atoms with Gasteiger partial charge in [0.1, 0.15) is 0 Å². The quantitative estimate of drug-likeness (QED) is 0.694. The van der Waals surface area contributed by atoms with Crippen LogP contribution in [-0.2, 0) is 13.0 Å². The van der Waals surface area contributed by atoms with E-state index in [2.05, 4.69) is 10.2 Å². The zero-order valence-electron chi connectivity index (χ0n) is 17.1. The molecule has 1 aliphatic heterocycles. The van der Waals surface area contributed by atoms with Crippen molar-refractivity contribution in [3.63, 3.8) is 0 Å². The van der Waals surface area contributed by atoms with Gasteiger partial charge in [0.25, 0.3) is 0 Å². The average molecular weight is 418 g/mol. The van der Waals surface area contributed by atoms with Crippen molar-refractivity contribution < 1.29 is 18.7 Å². The SMILES string of the molecule is O=C(NC1CCN(Cc2ccc(F)c(F)c2)CC1)N(CCO)CCc1ccccc1. The van der Waals surface area contributed by atoms with Crippen LogP contribution in [0.1, 0.15) is 24.0 Å². The Kier molecular flexibility index (Phi) is 8.16. The predicted molar refractivity (Wildman–Crippen MR) is 112 cm³/mol. The Balaban J connectivity index is 1.45. The van der Waals surface area contributed by atoms with E-state index in [-0.39, 0.29) is 18.7 Å². The van der Waals surface area contributed by atoms with Gasteiger partial charge in [-0.3, -0.25) is 4.90 Å². The van der Waals surface area contributed by atoms with Gasteiger partial charge in [0, 0.05) is 38.8 Å². The topological polar surface area (TPSA) is 55.8 Å². The number of halogens is 2. The van der Waals surface area contributed by atoms with E-state index in [1.165, 1.54) is 6.07 Å². The minimum absolute atomic E-state index is 0.0663. The number of urea groups is 1. The number of benzene rings is 2. The van der Waals surface area contributed by atoms with Gasteiger partial charge in [-0.15, -0.1) is 0 Å². The fourth-order valence-electron chi connectivity index (χ4n) is 3.74. The second-order valence-electron chi connectivity index (χ2n) is 7.69. The molecule has 1 heterocycles.